The maximum atomic E-state index is 11.7. The minimum absolute atomic E-state index is 0. The Labute approximate surface area is 136 Å². The highest BCUT2D eigenvalue weighted by atomic mass is 35.5. The molecule has 2 amide bonds. The predicted molar refractivity (Wildman–Crippen MR) is 88.7 cm³/mol. The molecular weight excluding hydrogens is 304 g/mol. The van der Waals surface area contributed by atoms with Gasteiger partial charge in [-0.3, -0.25) is 9.59 Å². The molecule has 1 aromatic rings. The number of aromatic nitrogens is 1. The summed E-state index contributed by atoms with van der Waals surface area (Å²) in [6.45, 7) is -0.0200. The largest absolute Gasteiger partial charge is 0.384 e. The molecule has 0 aromatic carbocycles. The van der Waals surface area contributed by atoms with Crippen molar-refractivity contribution in [2.75, 3.05) is 17.6 Å². The average molecular weight is 327 g/mol. The number of carbonyl (C=O) groups excluding carboxylic acids is 2. The second-order valence-corrected chi connectivity index (χ2v) is 5.49. The lowest BCUT2D eigenvalue weighted by molar-refractivity contribution is -0.124. The first-order chi connectivity index (χ1) is 10.1. The maximum Gasteiger partial charge on any atom is 0.243 e. The van der Waals surface area contributed by atoms with E-state index in [1.807, 2.05) is 0 Å². The normalized spacial score (nSPS) is 14.2. The fourth-order valence-electron chi connectivity index (χ4n) is 2.59. The molecule has 1 aliphatic rings. The van der Waals surface area contributed by atoms with Gasteiger partial charge < -0.3 is 16.4 Å². The molecule has 7 heteroatoms. The molecule has 1 heterocycles. The molecule has 0 radical (unpaired) electrons. The first-order valence-corrected chi connectivity index (χ1v) is 7.41. The van der Waals surface area contributed by atoms with Crippen LogP contribution >= 0.6 is 12.4 Å². The molecular formula is C15H23ClN4O2. The topological polar surface area (TPSA) is 97.1 Å². The third-order valence-electron chi connectivity index (χ3n) is 3.77. The Hall–Kier alpha value is -1.82. The van der Waals surface area contributed by atoms with E-state index in [2.05, 4.69) is 15.6 Å². The number of nitrogens with one attached hydrogen (secondary N) is 2. The van der Waals surface area contributed by atoms with Crippen molar-refractivity contribution < 1.29 is 9.59 Å². The lowest BCUT2D eigenvalue weighted by Gasteiger charge is -2.09. The first-order valence-electron chi connectivity index (χ1n) is 7.41. The summed E-state index contributed by atoms with van der Waals surface area (Å²) < 4.78 is 0. The zero-order valence-corrected chi connectivity index (χ0v) is 13.3. The second-order valence-electron chi connectivity index (χ2n) is 5.49. The van der Waals surface area contributed by atoms with Gasteiger partial charge in [0.1, 0.15) is 5.82 Å². The minimum Gasteiger partial charge on any atom is -0.384 e. The van der Waals surface area contributed by atoms with E-state index in [9.17, 15) is 9.59 Å². The smallest absolute Gasteiger partial charge is 0.243 e. The van der Waals surface area contributed by atoms with Gasteiger partial charge in [-0.25, -0.2) is 4.98 Å². The van der Waals surface area contributed by atoms with Gasteiger partial charge in [0.25, 0.3) is 0 Å². The number of pyridine rings is 1. The highest BCUT2D eigenvalue weighted by Crippen LogP contribution is 2.28. The van der Waals surface area contributed by atoms with E-state index in [0.717, 1.165) is 6.42 Å². The molecule has 4 N–H and O–H groups in total. The van der Waals surface area contributed by atoms with Gasteiger partial charge in [-0.15, -0.1) is 12.4 Å². The van der Waals surface area contributed by atoms with Crippen molar-refractivity contribution in [3.05, 3.63) is 18.3 Å². The molecule has 1 fully saturated rings. The quantitative estimate of drug-likeness (QED) is 0.745. The van der Waals surface area contributed by atoms with E-state index in [0.29, 0.717) is 23.8 Å². The molecule has 122 valence electrons. The van der Waals surface area contributed by atoms with Crippen LogP contribution in [0.15, 0.2) is 18.3 Å². The molecule has 6 nitrogen and oxygen atoms in total. The van der Waals surface area contributed by atoms with E-state index in [1.165, 1.54) is 31.9 Å². The van der Waals surface area contributed by atoms with Crippen molar-refractivity contribution >= 4 is 35.7 Å². The molecule has 0 atom stereocenters. The van der Waals surface area contributed by atoms with Crippen LogP contribution in [-0.2, 0) is 9.59 Å². The van der Waals surface area contributed by atoms with Gasteiger partial charge in [0.05, 0.1) is 18.4 Å². The Morgan fingerprint density at radius 3 is 2.59 bits per heavy atom. The van der Waals surface area contributed by atoms with Crippen molar-refractivity contribution in [1.82, 2.24) is 10.3 Å². The highest BCUT2D eigenvalue weighted by Gasteiger charge is 2.16. The van der Waals surface area contributed by atoms with Gasteiger partial charge in [-0.1, -0.05) is 25.7 Å². The van der Waals surface area contributed by atoms with Crippen LogP contribution in [0.1, 0.15) is 38.5 Å². The zero-order chi connectivity index (χ0) is 15.1. The summed E-state index contributed by atoms with van der Waals surface area (Å²) >= 11 is 0. The lowest BCUT2D eigenvalue weighted by Crippen LogP contribution is -2.32. The highest BCUT2D eigenvalue weighted by molar-refractivity contribution is 5.94. The van der Waals surface area contributed by atoms with Crippen molar-refractivity contribution in [2.45, 2.75) is 38.5 Å². The monoisotopic (exact) mass is 326 g/mol. The molecule has 0 saturated heterocycles. The van der Waals surface area contributed by atoms with Gasteiger partial charge in [0.15, 0.2) is 0 Å². The van der Waals surface area contributed by atoms with Crippen LogP contribution in [0.4, 0.5) is 11.5 Å². The molecule has 1 saturated carbocycles. The number of hydrogen-bond acceptors (Lipinski definition) is 4. The van der Waals surface area contributed by atoms with Crippen molar-refractivity contribution in [1.29, 1.82) is 0 Å². The maximum absolute atomic E-state index is 11.7. The van der Waals surface area contributed by atoms with Gasteiger partial charge in [0, 0.05) is 6.42 Å². The van der Waals surface area contributed by atoms with Crippen LogP contribution in [0.25, 0.3) is 0 Å². The summed E-state index contributed by atoms with van der Waals surface area (Å²) in [5.41, 5.74) is 6.02. The molecule has 0 bridgehead atoms. The third kappa shape index (κ3) is 6.30. The van der Waals surface area contributed by atoms with Crippen LogP contribution < -0.4 is 16.4 Å². The van der Waals surface area contributed by atoms with E-state index in [4.69, 9.17) is 5.73 Å². The third-order valence-corrected chi connectivity index (χ3v) is 3.77. The Kier molecular flexibility index (Phi) is 7.66. The van der Waals surface area contributed by atoms with Gasteiger partial charge >= 0.3 is 0 Å². The number of nitrogen functional groups attached to an aromatic ring is 1. The van der Waals surface area contributed by atoms with Gasteiger partial charge in [-0.2, -0.15) is 0 Å². The molecule has 0 spiro atoms. The molecule has 22 heavy (non-hydrogen) atoms. The second kappa shape index (κ2) is 9.25. The van der Waals surface area contributed by atoms with E-state index < -0.39 is 0 Å². The van der Waals surface area contributed by atoms with Crippen LogP contribution in [0.2, 0.25) is 0 Å². The zero-order valence-electron chi connectivity index (χ0n) is 12.5. The molecule has 0 unspecified atom stereocenters. The average Bonchev–Trinajstić information content (AvgIpc) is 2.99. The molecule has 1 aromatic heterocycles. The number of anilines is 2. The first kappa shape index (κ1) is 18.2. The summed E-state index contributed by atoms with van der Waals surface area (Å²) in [5.74, 6) is 0.752. The van der Waals surface area contributed by atoms with Gasteiger partial charge in [0.2, 0.25) is 11.8 Å². The Balaban J connectivity index is 0.00000242. The van der Waals surface area contributed by atoms with Crippen molar-refractivity contribution in [3.63, 3.8) is 0 Å². The summed E-state index contributed by atoms with van der Waals surface area (Å²) in [7, 11) is 0. The van der Waals surface area contributed by atoms with Crippen molar-refractivity contribution in [3.8, 4) is 0 Å². The fraction of sp³-hybridized carbons (Fsp3) is 0.533. The number of carbonyl (C=O) groups is 2. The number of halogens is 1. The van der Waals surface area contributed by atoms with Crippen LogP contribution in [0, 0.1) is 5.92 Å². The van der Waals surface area contributed by atoms with Crippen LogP contribution in [0.5, 0.6) is 0 Å². The molecule has 2 rings (SSSR count). The number of rotatable bonds is 6. The standard InChI is InChI=1S/C15H22N4O2.ClH/c16-13-7-6-12(9-17-13)19-15(21)10-18-14(20)8-5-11-3-1-2-4-11;/h6-7,9,11H,1-5,8,10H2,(H2,16,17)(H,18,20)(H,19,21);1H. The number of nitrogens with zero attached hydrogens (tertiary/aromatic N) is 1. The summed E-state index contributed by atoms with van der Waals surface area (Å²) in [4.78, 5) is 27.2. The number of hydrogen-bond donors (Lipinski definition) is 3. The predicted octanol–water partition coefficient (Wildman–Crippen LogP) is 2.11. The Morgan fingerprint density at radius 1 is 1.23 bits per heavy atom. The van der Waals surface area contributed by atoms with E-state index in [-0.39, 0.29) is 30.8 Å². The summed E-state index contributed by atoms with van der Waals surface area (Å²) in [6.07, 6.45) is 7.94. The van der Waals surface area contributed by atoms with E-state index >= 15 is 0 Å². The SMILES string of the molecule is Cl.Nc1ccc(NC(=O)CNC(=O)CCC2CCCC2)cn1. The van der Waals surface area contributed by atoms with E-state index in [1.54, 1.807) is 12.1 Å². The van der Waals surface area contributed by atoms with Crippen LogP contribution in [0.3, 0.4) is 0 Å². The fourth-order valence-corrected chi connectivity index (χ4v) is 2.59. The van der Waals surface area contributed by atoms with Crippen molar-refractivity contribution in [2.24, 2.45) is 5.92 Å². The van der Waals surface area contributed by atoms with Crippen LogP contribution in [-0.4, -0.2) is 23.3 Å². The molecule has 1 aliphatic carbocycles. The minimum atomic E-state index is -0.268. The van der Waals surface area contributed by atoms with Gasteiger partial charge in [-0.05, 0) is 24.5 Å². The Bertz CT molecular complexity index is 487. The molecule has 0 aliphatic heterocycles. The number of nitrogens with two attached hydrogens (primary N) is 1. The summed E-state index contributed by atoms with van der Waals surface area (Å²) in [5, 5.41) is 5.29. The lowest BCUT2D eigenvalue weighted by atomic mass is 10.0. The summed E-state index contributed by atoms with van der Waals surface area (Å²) in [6, 6.07) is 3.28. The Morgan fingerprint density at radius 2 is 1.95 bits per heavy atom. The number of amides is 2.